The van der Waals surface area contributed by atoms with E-state index in [9.17, 15) is 4.79 Å². The van der Waals surface area contributed by atoms with Crippen molar-refractivity contribution >= 4 is 6.09 Å². The third-order valence-electron chi connectivity index (χ3n) is 2.19. The van der Waals surface area contributed by atoms with E-state index >= 15 is 0 Å². The Labute approximate surface area is 100 Å². The molecule has 0 heterocycles. The summed E-state index contributed by atoms with van der Waals surface area (Å²) in [4.78, 5) is 11.2. The second-order valence-electron chi connectivity index (χ2n) is 3.57. The Bertz CT molecular complexity index is 329. The van der Waals surface area contributed by atoms with Crippen molar-refractivity contribution in [3.05, 3.63) is 35.9 Å². The number of amides is 1. The van der Waals surface area contributed by atoms with Crippen molar-refractivity contribution < 1.29 is 19.7 Å². The van der Waals surface area contributed by atoms with Crippen molar-refractivity contribution in [3.8, 4) is 0 Å². The molecule has 0 bridgehead atoms. The molecular weight excluding hydrogens is 222 g/mol. The third-order valence-corrected chi connectivity index (χ3v) is 2.19. The second-order valence-corrected chi connectivity index (χ2v) is 3.57. The van der Waals surface area contributed by atoms with E-state index in [0.29, 0.717) is 6.42 Å². The van der Waals surface area contributed by atoms with Gasteiger partial charge in [0.15, 0.2) is 0 Å². The summed E-state index contributed by atoms with van der Waals surface area (Å²) in [5, 5.41) is 20.2. The normalized spacial score (nSPS) is 11.9. The topological polar surface area (TPSA) is 78.8 Å². The third kappa shape index (κ3) is 5.33. The van der Waals surface area contributed by atoms with Crippen LogP contribution in [0.25, 0.3) is 0 Å². The van der Waals surface area contributed by atoms with E-state index in [1.165, 1.54) is 0 Å². The minimum atomic E-state index is -0.631. The molecule has 3 N–H and O–H groups in total. The van der Waals surface area contributed by atoms with E-state index in [1.54, 1.807) is 0 Å². The van der Waals surface area contributed by atoms with E-state index in [-0.39, 0.29) is 25.9 Å². The number of aliphatic hydroxyl groups is 2. The molecule has 17 heavy (non-hydrogen) atoms. The van der Waals surface area contributed by atoms with Crippen LogP contribution in [-0.2, 0) is 11.2 Å². The first kappa shape index (κ1) is 13.5. The van der Waals surface area contributed by atoms with Gasteiger partial charge in [-0.1, -0.05) is 30.3 Å². The fourth-order valence-corrected chi connectivity index (χ4v) is 1.41. The van der Waals surface area contributed by atoms with Crippen LogP contribution in [0.5, 0.6) is 0 Å². The summed E-state index contributed by atoms with van der Waals surface area (Å²) in [6.07, 6.45) is -0.0972. The number of hydrogen-bond donors (Lipinski definition) is 3. The molecule has 0 aliphatic heterocycles. The second kappa shape index (κ2) is 7.65. The van der Waals surface area contributed by atoms with Gasteiger partial charge < -0.3 is 20.3 Å². The predicted molar refractivity (Wildman–Crippen MR) is 62.6 cm³/mol. The Morgan fingerprint density at radius 2 is 2.00 bits per heavy atom. The molecule has 0 aromatic heterocycles. The first-order chi connectivity index (χ1) is 8.26. The number of alkyl carbamates (subject to hydrolysis) is 1. The van der Waals surface area contributed by atoms with Gasteiger partial charge >= 0.3 is 6.09 Å². The fraction of sp³-hybridized carbons (Fsp3) is 0.417. The molecule has 1 aromatic rings. The summed E-state index contributed by atoms with van der Waals surface area (Å²) >= 11 is 0. The van der Waals surface area contributed by atoms with Crippen molar-refractivity contribution in [1.29, 1.82) is 0 Å². The molecule has 0 aliphatic carbocycles. The van der Waals surface area contributed by atoms with E-state index in [0.717, 1.165) is 5.56 Å². The fourth-order valence-electron chi connectivity index (χ4n) is 1.41. The highest BCUT2D eigenvalue weighted by molar-refractivity contribution is 5.67. The lowest BCUT2D eigenvalue weighted by molar-refractivity contribution is 0.112. The van der Waals surface area contributed by atoms with Gasteiger partial charge in [0, 0.05) is 0 Å². The minimum Gasteiger partial charge on any atom is -0.447 e. The molecular formula is C12H17NO4. The molecule has 5 heteroatoms. The number of rotatable bonds is 6. The van der Waals surface area contributed by atoms with Crippen molar-refractivity contribution in [2.45, 2.75) is 12.5 Å². The SMILES string of the molecule is O=C(N[C@H](CO)Cc1ccccc1)OCCO. The van der Waals surface area contributed by atoms with Crippen LogP contribution in [0, 0.1) is 0 Å². The molecule has 5 nitrogen and oxygen atoms in total. The molecule has 0 spiro atoms. The standard InChI is InChI=1S/C12H17NO4/c14-6-7-17-12(16)13-11(9-15)8-10-4-2-1-3-5-10/h1-5,11,14-15H,6-9H2,(H,13,16)/t11-/m0/s1. The summed E-state index contributed by atoms with van der Waals surface area (Å²) in [6, 6.07) is 9.15. The molecule has 0 aliphatic rings. The number of carbonyl (C=O) groups is 1. The van der Waals surface area contributed by atoms with Crippen molar-refractivity contribution in [2.24, 2.45) is 0 Å². The summed E-state index contributed by atoms with van der Waals surface area (Å²) in [7, 11) is 0. The van der Waals surface area contributed by atoms with Gasteiger partial charge in [-0.15, -0.1) is 0 Å². The highest BCUT2D eigenvalue weighted by Crippen LogP contribution is 2.03. The maximum Gasteiger partial charge on any atom is 0.407 e. The Morgan fingerprint density at radius 1 is 1.29 bits per heavy atom. The molecule has 94 valence electrons. The molecule has 1 aromatic carbocycles. The van der Waals surface area contributed by atoms with Crippen LogP contribution in [0.15, 0.2) is 30.3 Å². The first-order valence-corrected chi connectivity index (χ1v) is 5.45. The lowest BCUT2D eigenvalue weighted by atomic mass is 10.1. The van der Waals surface area contributed by atoms with Crippen molar-refractivity contribution in [3.63, 3.8) is 0 Å². The minimum absolute atomic E-state index is 0.0463. The van der Waals surface area contributed by atoms with Crippen molar-refractivity contribution in [2.75, 3.05) is 19.8 Å². The van der Waals surface area contributed by atoms with E-state index in [1.807, 2.05) is 30.3 Å². The maximum atomic E-state index is 11.2. The Hall–Kier alpha value is -1.59. The maximum absolute atomic E-state index is 11.2. The van der Waals surface area contributed by atoms with Gasteiger partial charge in [0.1, 0.15) is 6.61 Å². The number of carbonyl (C=O) groups excluding carboxylic acids is 1. The molecule has 0 saturated carbocycles. The molecule has 1 amide bonds. The zero-order valence-corrected chi connectivity index (χ0v) is 9.50. The first-order valence-electron chi connectivity index (χ1n) is 5.45. The van der Waals surface area contributed by atoms with Gasteiger partial charge in [0.2, 0.25) is 0 Å². The van der Waals surface area contributed by atoms with E-state index in [4.69, 9.17) is 10.2 Å². The number of benzene rings is 1. The highest BCUT2D eigenvalue weighted by Gasteiger charge is 2.12. The Kier molecular flexibility index (Phi) is 6.06. The Morgan fingerprint density at radius 3 is 2.59 bits per heavy atom. The number of nitrogens with one attached hydrogen (secondary N) is 1. The van der Waals surface area contributed by atoms with E-state index < -0.39 is 6.09 Å². The van der Waals surface area contributed by atoms with Gasteiger partial charge in [-0.25, -0.2) is 4.79 Å². The van der Waals surface area contributed by atoms with Crippen LogP contribution in [0.3, 0.4) is 0 Å². The Balaban J connectivity index is 2.41. The summed E-state index contributed by atoms with van der Waals surface area (Å²) in [6.45, 7) is -0.422. The van der Waals surface area contributed by atoms with E-state index in [2.05, 4.69) is 10.1 Å². The zero-order valence-electron chi connectivity index (χ0n) is 9.50. The molecule has 1 rings (SSSR count). The molecule has 0 fully saturated rings. The smallest absolute Gasteiger partial charge is 0.407 e. The number of hydrogen-bond acceptors (Lipinski definition) is 4. The van der Waals surface area contributed by atoms with Crippen LogP contribution < -0.4 is 5.32 Å². The molecule has 0 saturated heterocycles. The molecule has 1 atom stereocenters. The van der Waals surface area contributed by atoms with Crippen LogP contribution in [-0.4, -0.2) is 42.2 Å². The molecule has 0 unspecified atom stereocenters. The quantitative estimate of drug-likeness (QED) is 0.667. The van der Waals surface area contributed by atoms with Crippen molar-refractivity contribution in [1.82, 2.24) is 5.32 Å². The largest absolute Gasteiger partial charge is 0.447 e. The van der Waals surface area contributed by atoms with Crippen LogP contribution in [0.2, 0.25) is 0 Å². The van der Waals surface area contributed by atoms with Gasteiger partial charge in [-0.05, 0) is 12.0 Å². The summed E-state index contributed by atoms with van der Waals surface area (Å²) < 4.78 is 4.65. The van der Waals surface area contributed by atoms with Crippen LogP contribution in [0.1, 0.15) is 5.56 Å². The lowest BCUT2D eigenvalue weighted by Crippen LogP contribution is -2.39. The predicted octanol–water partition coefficient (Wildman–Crippen LogP) is 0.308. The monoisotopic (exact) mass is 239 g/mol. The van der Waals surface area contributed by atoms with Gasteiger partial charge in [-0.2, -0.15) is 0 Å². The lowest BCUT2D eigenvalue weighted by Gasteiger charge is -2.16. The number of ether oxygens (including phenoxy) is 1. The van der Waals surface area contributed by atoms with Crippen LogP contribution >= 0.6 is 0 Å². The van der Waals surface area contributed by atoms with Crippen LogP contribution in [0.4, 0.5) is 4.79 Å². The molecule has 0 radical (unpaired) electrons. The van der Waals surface area contributed by atoms with Gasteiger partial charge in [0.25, 0.3) is 0 Å². The van der Waals surface area contributed by atoms with Gasteiger partial charge in [0.05, 0.1) is 19.3 Å². The summed E-state index contributed by atoms with van der Waals surface area (Å²) in [5.74, 6) is 0. The van der Waals surface area contributed by atoms with Gasteiger partial charge in [-0.3, -0.25) is 0 Å². The zero-order chi connectivity index (χ0) is 12.5. The average Bonchev–Trinajstić information content (AvgIpc) is 2.36. The average molecular weight is 239 g/mol. The highest BCUT2D eigenvalue weighted by atomic mass is 16.6. The summed E-state index contributed by atoms with van der Waals surface area (Å²) in [5.41, 5.74) is 1.02. The number of aliphatic hydroxyl groups excluding tert-OH is 2.